The Hall–Kier alpha value is -1.58. The van der Waals surface area contributed by atoms with Crippen molar-refractivity contribution < 1.29 is 14.6 Å². The first-order chi connectivity index (χ1) is 9.74. The molecule has 0 spiro atoms. The number of hydrogen-bond acceptors (Lipinski definition) is 3. The molecule has 0 saturated carbocycles. The van der Waals surface area contributed by atoms with Gasteiger partial charge in [-0.1, -0.05) is 36.4 Å². The molecule has 1 N–H and O–H groups in total. The lowest BCUT2D eigenvalue weighted by Gasteiger charge is -2.16. The van der Waals surface area contributed by atoms with Crippen LogP contribution in [0.5, 0.6) is 5.75 Å². The largest absolute Gasteiger partial charge is 0.493 e. The van der Waals surface area contributed by atoms with Gasteiger partial charge in [0.15, 0.2) is 0 Å². The molecule has 0 saturated heterocycles. The van der Waals surface area contributed by atoms with Gasteiger partial charge >= 0.3 is 0 Å². The average Bonchev–Trinajstić information content (AvgIpc) is 2.46. The number of benzene rings is 2. The number of aliphatic hydroxyl groups is 1. The van der Waals surface area contributed by atoms with Gasteiger partial charge in [-0.2, -0.15) is 0 Å². The highest BCUT2D eigenvalue weighted by Crippen LogP contribution is 2.33. The minimum atomic E-state index is -0.534. The molecule has 108 valence electrons. The van der Waals surface area contributed by atoms with E-state index < -0.39 is 6.10 Å². The minimum Gasteiger partial charge on any atom is -0.493 e. The van der Waals surface area contributed by atoms with E-state index in [9.17, 15) is 5.11 Å². The lowest BCUT2D eigenvalue weighted by atomic mass is 10.0. The highest BCUT2D eigenvalue weighted by atomic mass is 16.5. The average molecular weight is 274 g/mol. The van der Waals surface area contributed by atoms with E-state index in [0.717, 1.165) is 41.5 Å². The topological polar surface area (TPSA) is 38.7 Å². The quantitative estimate of drug-likeness (QED) is 0.782. The minimum absolute atomic E-state index is 0.534. The zero-order chi connectivity index (χ0) is 14.4. The molecule has 0 heterocycles. The van der Waals surface area contributed by atoms with E-state index in [0.29, 0.717) is 6.61 Å². The lowest BCUT2D eigenvalue weighted by Crippen LogP contribution is -2.04. The highest BCUT2D eigenvalue weighted by Gasteiger charge is 2.12. The van der Waals surface area contributed by atoms with Gasteiger partial charge < -0.3 is 14.6 Å². The predicted molar refractivity (Wildman–Crippen MR) is 81.2 cm³/mol. The lowest BCUT2D eigenvalue weighted by molar-refractivity contribution is 0.179. The molecule has 0 aliphatic carbocycles. The monoisotopic (exact) mass is 274 g/mol. The van der Waals surface area contributed by atoms with Crippen molar-refractivity contribution in [3.05, 3.63) is 42.0 Å². The number of aliphatic hydroxyl groups excluding tert-OH is 1. The van der Waals surface area contributed by atoms with E-state index in [2.05, 4.69) is 6.07 Å². The molecule has 0 amide bonds. The Bertz CT molecular complexity index is 549. The summed E-state index contributed by atoms with van der Waals surface area (Å²) in [5.74, 6) is 0.801. The van der Waals surface area contributed by atoms with Crippen LogP contribution < -0.4 is 4.74 Å². The molecule has 20 heavy (non-hydrogen) atoms. The van der Waals surface area contributed by atoms with Crippen molar-refractivity contribution in [2.24, 2.45) is 0 Å². The van der Waals surface area contributed by atoms with Crippen molar-refractivity contribution in [2.45, 2.75) is 25.9 Å². The molecule has 3 heteroatoms. The van der Waals surface area contributed by atoms with E-state index in [1.54, 1.807) is 14.0 Å². The van der Waals surface area contributed by atoms with Crippen LogP contribution in [0, 0.1) is 0 Å². The predicted octanol–water partition coefficient (Wildman–Crippen LogP) is 3.70. The summed E-state index contributed by atoms with van der Waals surface area (Å²) >= 11 is 0. The van der Waals surface area contributed by atoms with Crippen molar-refractivity contribution in [3.8, 4) is 5.75 Å². The molecule has 1 atom stereocenters. The third-order valence-electron chi connectivity index (χ3n) is 3.35. The summed E-state index contributed by atoms with van der Waals surface area (Å²) in [5.41, 5.74) is 0.843. The van der Waals surface area contributed by atoms with Gasteiger partial charge in [0.05, 0.1) is 12.7 Å². The van der Waals surface area contributed by atoms with Gasteiger partial charge in [-0.15, -0.1) is 0 Å². The van der Waals surface area contributed by atoms with Crippen LogP contribution in [0.25, 0.3) is 10.8 Å². The Labute approximate surface area is 120 Å². The Kier molecular flexibility index (Phi) is 5.39. The second kappa shape index (κ2) is 7.27. The smallest absolute Gasteiger partial charge is 0.132 e. The van der Waals surface area contributed by atoms with Crippen LogP contribution in [0.1, 0.15) is 31.4 Å². The van der Waals surface area contributed by atoms with Crippen LogP contribution in [0.2, 0.25) is 0 Å². The molecule has 0 fully saturated rings. The number of fused-ring (bicyclic) bond motifs is 1. The fraction of sp³-hybridized carbons (Fsp3) is 0.412. The molecule has 2 aromatic rings. The maximum absolute atomic E-state index is 9.90. The fourth-order valence-electron chi connectivity index (χ4n) is 2.27. The van der Waals surface area contributed by atoms with Gasteiger partial charge in [0.1, 0.15) is 5.75 Å². The number of hydrogen-bond donors (Lipinski definition) is 1. The zero-order valence-corrected chi connectivity index (χ0v) is 12.1. The van der Waals surface area contributed by atoms with E-state index in [4.69, 9.17) is 9.47 Å². The normalized spacial score (nSPS) is 12.6. The van der Waals surface area contributed by atoms with Crippen molar-refractivity contribution in [2.75, 3.05) is 20.3 Å². The number of rotatable bonds is 7. The summed E-state index contributed by atoms with van der Waals surface area (Å²) in [6, 6.07) is 12.1. The molecule has 3 nitrogen and oxygen atoms in total. The summed E-state index contributed by atoms with van der Waals surface area (Å²) in [4.78, 5) is 0. The second-order valence-electron chi connectivity index (χ2n) is 4.93. The molecule has 0 bridgehead atoms. The summed E-state index contributed by atoms with van der Waals surface area (Å²) in [6.45, 7) is 3.15. The standard InChI is InChI=1S/C17H22O3/c1-13(18)15-10-9-14-7-3-4-8-16(14)17(15)20-12-6-5-11-19-2/h3-4,7-10,13,18H,5-6,11-12H2,1-2H3. The summed E-state index contributed by atoms with van der Waals surface area (Å²) < 4.78 is 11.0. The summed E-state index contributed by atoms with van der Waals surface area (Å²) in [5, 5.41) is 12.1. The molecular formula is C17H22O3. The van der Waals surface area contributed by atoms with E-state index in [-0.39, 0.29) is 0 Å². The third-order valence-corrected chi connectivity index (χ3v) is 3.35. The van der Waals surface area contributed by atoms with Crippen molar-refractivity contribution in [1.29, 1.82) is 0 Å². The molecule has 2 rings (SSSR count). The summed E-state index contributed by atoms with van der Waals surface area (Å²) in [6.07, 6.45) is 1.38. The molecule has 2 aromatic carbocycles. The first-order valence-electron chi connectivity index (χ1n) is 7.05. The Balaban J connectivity index is 2.21. The third kappa shape index (κ3) is 3.50. The number of ether oxygens (including phenoxy) is 2. The van der Waals surface area contributed by atoms with Crippen LogP contribution in [0.3, 0.4) is 0 Å². The molecular weight excluding hydrogens is 252 g/mol. The highest BCUT2D eigenvalue weighted by molar-refractivity contribution is 5.89. The van der Waals surface area contributed by atoms with Crippen LogP contribution >= 0.6 is 0 Å². The van der Waals surface area contributed by atoms with E-state index in [1.165, 1.54) is 0 Å². The first kappa shape index (κ1) is 14.8. The van der Waals surface area contributed by atoms with E-state index >= 15 is 0 Å². The van der Waals surface area contributed by atoms with Crippen LogP contribution in [0.4, 0.5) is 0 Å². The maximum atomic E-state index is 9.90. The van der Waals surface area contributed by atoms with Gasteiger partial charge in [-0.25, -0.2) is 0 Å². The van der Waals surface area contributed by atoms with Crippen LogP contribution in [0.15, 0.2) is 36.4 Å². The van der Waals surface area contributed by atoms with Gasteiger partial charge in [0.25, 0.3) is 0 Å². The number of methoxy groups -OCH3 is 1. The molecule has 0 aliphatic rings. The molecule has 1 unspecified atom stereocenters. The Morgan fingerprint density at radius 2 is 1.80 bits per heavy atom. The Morgan fingerprint density at radius 3 is 2.55 bits per heavy atom. The van der Waals surface area contributed by atoms with Crippen molar-refractivity contribution in [3.63, 3.8) is 0 Å². The first-order valence-corrected chi connectivity index (χ1v) is 7.05. The van der Waals surface area contributed by atoms with Crippen molar-refractivity contribution in [1.82, 2.24) is 0 Å². The molecule has 0 radical (unpaired) electrons. The van der Waals surface area contributed by atoms with E-state index in [1.807, 2.05) is 30.3 Å². The van der Waals surface area contributed by atoms with Gasteiger partial charge in [-0.05, 0) is 25.2 Å². The number of unbranched alkanes of at least 4 members (excludes halogenated alkanes) is 1. The van der Waals surface area contributed by atoms with Crippen molar-refractivity contribution >= 4 is 10.8 Å². The summed E-state index contributed by atoms with van der Waals surface area (Å²) in [7, 11) is 1.71. The fourth-order valence-corrected chi connectivity index (χ4v) is 2.27. The van der Waals surface area contributed by atoms with Crippen LogP contribution in [-0.2, 0) is 4.74 Å². The maximum Gasteiger partial charge on any atom is 0.132 e. The van der Waals surface area contributed by atoms with Crippen LogP contribution in [-0.4, -0.2) is 25.4 Å². The molecule has 0 aliphatic heterocycles. The SMILES string of the molecule is COCCCCOc1c(C(C)O)ccc2ccccc12. The molecule has 0 aromatic heterocycles. The zero-order valence-electron chi connectivity index (χ0n) is 12.1. The van der Waals surface area contributed by atoms with Gasteiger partial charge in [0.2, 0.25) is 0 Å². The van der Waals surface area contributed by atoms with Gasteiger partial charge in [-0.3, -0.25) is 0 Å². The second-order valence-corrected chi connectivity index (χ2v) is 4.93. The van der Waals surface area contributed by atoms with Gasteiger partial charge in [0, 0.05) is 24.7 Å². The Morgan fingerprint density at radius 1 is 1.05 bits per heavy atom.